The van der Waals surface area contributed by atoms with Crippen LogP contribution in [0, 0.1) is 0 Å². The normalized spacial score (nSPS) is 13.3. The van der Waals surface area contributed by atoms with Gasteiger partial charge in [0.05, 0.1) is 0 Å². The van der Waals surface area contributed by atoms with Crippen molar-refractivity contribution >= 4 is 0 Å². The Labute approximate surface area is 143 Å². The molecule has 1 N–H and O–H groups in total. The summed E-state index contributed by atoms with van der Waals surface area (Å²) < 4.78 is 0. The minimum Gasteiger partial charge on any atom is -0.396 e. The molecular weight excluding hydrogens is 280 g/mol. The lowest BCUT2D eigenvalue weighted by atomic mass is 10.2. The van der Waals surface area contributed by atoms with Gasteiger partial charge in [0.25, 0.3) is 0 Å². The van der Waals surface area contributed by atoms with Crippen LogP contribution in [0.25, 0.3) is 0 Å². The molecule has 0 bridgehead atoms. The van der Waals surface area contributed by atoms with Crippen molar-refractivity contribution in [3.8, 4) is 0 Å². The van der Waals surface area contributed by atoms with E-state index in [0.717, 1.165) is 51.4 Å². The van der Waals surface area contributed by atoms with Crippen LogP contribution in [0.5, 0.6) is 0 Å². The van der Waals surface area contributed by atoms with Gasteiger partial charge in [0.15, 0.2) is 0 Å². The van der Waals surface area contributed by atoms with E-state index in [-0.39, 0.29) is 6.61 Å². The van der Waals surface area contributed by atoms with Gasteiger partial charge in [0.2, 0.25) is 0 Å². The van der Waals surface area contributed by atoms with Crippen molar-refractivity contribution in [3.05, 3.63) is 72.9 Å². The van der Waals surface area contributed by atoms with E-state index in [1.54, 1.807) is 0 Å². The summed E-state index contributed by atoms with van der Waals surface area (Å²) in [4.78, 5) is 0. The molecule has 128 valence electrons. The highest BCUT2D eigenvalue weighted by atomic mass is 16.2. The van der Waals surface area contributed by atoms with E-state index < -0.39 is 0 Å². The number of aliphatic hydroxyl groups excluding tert-OH is 1. The van der Waals surface area contributed by atoms with Crippen molar-refractivity contribution in [1.82, 2.24) is 0 Å². The maximum absolute atomic E-state index is 8.64. The average molecular weight is 315 g/mol. The second-order valence-corrected chi connectivity index (χ2v) is 5.28. The van der Waals surface area contributed by atoms with Gasteiger partial charge in [-0.3, -0.25) is 0 Å². The fourth-order valence-electron chi connectivity index (χ4n) is 1.85. The molecule has 0 aliphatic rings. The first-order valence-electron chi connectivity index (χ1n) is 8.92. The molecule has 0 unspecified atom stereocenters. The lowest BCUT2D eigenvalue weighted by Crippen LogP contribution is -1.77. The fourth-order valence-corrected chi connectivity index (χ4v) is 1.85. The third kappa shape index (κ3) is 20.4. The smallest absolute Gasteiger partial charge is 0.0433 e. The predicted octanol–water partition coefficient (Wildman–Crippen LogP) is 6.46. The summed E-state index contributed by atoms with van der Waals surface area (Å²) in [7, 11) is 0. The summed E-state index contributed by atoms with van der Waals surface area (Å²) >= 11 is 0. The predicted molar refractivity (Wildman–Crippen MR) is 105 cm³/mol. The SMILES string of the molecule is CCC=CCC=CCC=CCC=CCC=CCC=CCCCO. The molecule has 1 nitrogen and oxygen atoms in total. The molecule has 0 aromatic heterocycles. The average Bonchev–Trinajstić information content (AvgIpc) is 2.57. The summed E-state index contributed by atoms with van der Waals surface area (Å²) in [6.45, 7) is 2.44. The van der Waals surface area contributed by atoms with Gasteiger partial charge in [0.1, 0.15) is 0 Å². The summed E-state index contributed by atoms with van der Waals surface area (Å²) in [6.07, 6.45) is 34.4. The molecule has 0 rings (SSSR count). The van der Waals surface area contributed by atoms with Crippen LogP contribution in [0.4, 0.5) is 0 Å². The molecule has 23 heavy (non-hydrogen) atoms. The topological polar surface area (TPSA) is 20.2 Å². The molecule has 1 heteroatoms. The lowest BCUT2D eigenvalue weighted by Gasteiger charge is -1.87. The van der Waals surface area contributed by atoms with E-state index in [4.69, 9.17) is 5.11 Å². The first-order chi connectivity index (χ1) is 11.4. The van der Waals surface area contributed by atoms with Gasteiger partial charge in [-0.2, -0.15) is 0 Å². The summed E-state index contributed by atoms with van der Waals surface area (Å²) in [5, 5.41) is 8.64. The number of allylic oxidation sites excluding steroid dienone is 12. The largest absolute Gasteiger partial charge is 0.396 e. The van der Waals surface area contributed by atoms with Crippen LogP contribution >= 0.6 is 0 Å². The third-order valence-electron chi connectivity index (χ3n) is 3.13. The molecule has 0 radical (unpaired) electrons. The second kappa shape index (κ2) is 20.4. The number of unbranched alkanes of at least 4 members (excludes halogenated alkanes) is 1. The van der Waals surface area contributed by atoms with E-state index in [9.17, 15) is 0 Å². The molecule has 0 aromatic rings. The Morgan fingerprint density at radius 3 is 1.22 bits per heavy atom. The van der Waals surface area contributed by atoms with Crippen LogP contribution < -0.4 is 0 Å². The van der Waals surface area contributed by atoms with Gasteiger partial charge in [-0.25, -0.2) is 0 Å². The Morgan fingerprint density at radius 1 is 0.522 bits per heavy atom. The molecule has 0 amide bonds. The molecule has 0 spiro atoms. The van der Waals surface area contributed by atoms with Gasteiger partial charge >= 0.3 is 0 Å². The van der Waals surface area contributed by atoms with Crippen molar-refractivity contribution in [2.24, 2.45) is 0 Å². The van der Waals surface area contributed by atoms with Crippen LogP contribution in [0.1, 0.15) is 58.3 Å². The van der Waals surface area contributed by atoms with E-state index in [1.807, 2.05) is 0 Å². The van der Waals surface area contributed by atoms with Gasteiger partial charge in [-0.15, -0.1) is 0 Å². The molecule has 0 saturated heterocycles. The zero-order chi connectivity index (χ0) is 16.8. The lowest BCUT2D eigenvalue weighted by molar-refractivity contribution is 0.289. The van der Waals surface area contributed by atoms with Crippen molar-refractivity contribution in [2.45, 2.75) is 58.3 Å². The monoisotopic (exact) mass is 314 g/mol. The molecule has 0 atom stereocenters. The Kier molecular flexibility index (Phi) is 19.0. The second-order valence-electron chi connectivity index (χ2n) is 5.28. The van der Waals surface area contributed by atoms with Crippen LogP contribution in [-0.4, -0.2) is 11.7 Å². The highest BCUT2D eigenvalue weighted by molar-refractivity contribution is 5.01. The van der Waals surface area contributed by atoms with Crippen molar-refractivity contribution in [3.63, 3.8) is 0 Å². The number of hydrogen-bond acceptors (Lipinski definition) is 1. The Hall–Kier alpha value is -1.60. The fraction of sp³-hybridized carbons (Fsp3) is 0.455. The molecule has 0 aromatic carbocycles. The molecule has 0 aliphatic carbocycles. The van der Waals surface area contributed by atoms with E-state index in [0.29, 0.717) is 0 Å². The van der Waals surface area contributed by atoms with Crippen LogP contribution in [0.2, 0.25) is 0 Å². The van der Waals surface area contributed by atoms with Gasteiger partial charge < -0.3 is 5.11 Å². The molecule has 0 fully saturated rings. The Balaban J connectivity index is 3.47. The highest BCUT2D eigenvalue weighted by Crippen LogP contribution is 1.97. The van der Waals surface area contributed by atoms with E-state index in [1.165, 1.54) is 0 Å². The summed E-state index contributed by atoms with van der Waals surface area (Å²) in [6, 6.07) is 0. The van der Waals surface area contributed by atoms with Gasteiger partial charge in [-0.05, 0) is 51.4 Å². The maximum atomic E-state index is 8.64. The van der Waals surface area contributed by atoms with E-state index in [2.05, 4.69) is 79.8 Å². The molecule has 0 heterocycles. The number of aliphatic hydroxyl groups is 1. The van der Waals surface area contributed by atoms with Crippen LogP contribution in [0.3, 0.4) is 0 Å². The minimum atomic E-state index is 0.284. The van der Waals surface area contributed by atoms with Gasteiger partial charge in [-0.1, -0.05) is 79.8 Å². The van der Waals surface area contributed by atoms with Crippen molar-refractivity contribution in [2.75, 3.05) is 6.61 Å². The zero-order valence-corrected chi connectivity index (χ0v) is 14.7. The Bertz CT molecular complexity index is 394. The Morgan fingerprint density at radius 2 is 0.870 bits per heavy atom. The van der Waals surface area contributed by atoms with Gasteiger partial charge in [0, 0.05) is 6.61 Å². The molecule has 0 saturated carbocycles. The summed E-state index contributed by atoms with van der Waals surface area (Å²) in [5.41, 5.74) is 0. The van der Waals surface area contributed by atoms with Crippen molar-refractivity contribution in [1.29, 1.82) is 0 Å². The quantitative estimate of drug-likeness (QED) is 0.288. The van der Waals surface area contributed by atoms with E-state index >= 15 is 0 Å². The van der Waals surface area contributed by atoms with Crippen LogP contribution in [0.15, 0.2) is 72.9 Å². The number of rotatable bonds is 14. The first kappa shape index (κ1) is 21.4. The third-order valence-corrected chi connectivity index (χ3v) is 3.13. The highest BCUT2D eigenvalue weighted by Gasteiger charge is 1.78. The maximum Gasteiger partial charge on any atom is 0.0433 e. The standard InChI is InChI=1S/C22H34O/c1-2-3-4-5-6-7-8-9-10-11-12-13-14-15-16-17-18-19-20-21-22-23/h3-4,6-7,9-10,12-13,15-16,18-19,23H,2,5,8,11,14,17,20-22H2,1H3. The molecular formula is C22H34O. The van der Waals surface area contributed by atoms with Crippen LogP contribution in [-0.2, 0) is 0 Å². The first-order valence-corrected chi connectivity index (χ1v) is 8.92. The van der Waals surface area contributed by atoms with Crippen molar-refractivity contribution < 1.29 is 5.11 Å². The molecule has 0 aliphatic heterocycles. The summed E-state index contributed by atoms with van der Waals surface area (Å²) in [5.74, 6) is 0. The minimum absolute atomic E-state index is 0.284. The zero-order valence-electron chi connectivity index (χ0n) is 14.7. The number of hydrogen-bond donors (Lipinski definition) is 1.